The first-order valence-corrected chi connectivity index (χ1v) is 7.77. The van der Waals surface area contributed by atoms with Crippen molar-refractivity contribution < 1.29 is 26.0 Å². The highest BCUT2D eigenvalue weighted by Gasteiger charge is 2.44. The van der Waals surface area contributed by atoms with E-state index in [1.807, 2.05) is 0 Å². The lowest BCUT2D eigenvalue weighted by Gasteiger charge is -2.20. The van der Waals surface area contributed by atoms with Gasteiger partial charge in [-0.05, 0) is 31.5 Å². The maximum absolute atomic E-state index is 13.2. The quantitative estimate of drug-likeness (QED) is 0.934. The van der Waals surface area contributed by atoms with Gasteiger partial charge in [0.25, 0.3) is 0 Å². The van der Waals surface area contributed by atoms with E-state index in [0.717, 1.165) is 0 Å². The monoisotopic (exact) mass is 336 g/mol. The number of alkyl halides is 3. The SMILES string of the molecule is Cc1cc(S(=O)(=O)N[C@@H](c2ccn(C)c2)C(F)(F)F)c(C)o1. The van der Waals surface area contributed by atoms with Gasteiger partial charge in [0.2, 0.25) is 10.0 Å². The largest absolute Gasteiger partial charge is 0.465 e. The number of sulfonamides is 1. The number of furan rings is 1. The van der Waals surface area contributed by atoms with E-state index in [9.17, 15) is 21.6 Å². The highest BCUT2D eigenvalue weighted by atomic mass is 32.2. The molecule has 0 radical (unpaired) electrons. The number of aromatic nitrogens is 1. The van der Waals surface area contributed by atoms with Crippen LogP contribution in [0, 0.1) is 13.8 Å². The van der Waals surface area contributed by atoms with Crippen LogP contribution < -0.4 is 4.72 Å². The molecule has 0 amide bonds. The molecule has 0 aromatic carbocycles. The zero-order chi connectivity index (χ0) is 16.7. The predicted octanol–water partition coefficient (Wildman–Crippen LogP) is 2.82. The van der Waals surface area contributed by atoms with Crippen LogP contribution in [-0.4, -0.2) is 19.2 Å². The van der Waals surface area contributed by atoms with Crippen LogP contribution in [0.4, 0.5) is 13.2 Å². The van der Waals surface area contributed by atoms with Crippen LogP contribution in [0.3, 0.4) is 0 Å². The van der Waals surface area contributed by atoms with Crippen LogP contribution >= 0.6 is 0 Å². The van der Waals surface area contributed by atoms with Crippen molar-refractivity contribution in [2.45, 2.75) is 31.0 Å². The highest BCUT2D eigenvalue weighted by molar-refractivity contribution is 7.89. The van der Waals surface area contributed by atoms with Crippen LogP contribution in [0.25, 0.3) is 0 Å². The summed E-state index contributed by atoms with van der Waals surface area (Å²) >= 11 is 0. The second kappa shape index (κ2) is 5.47. The van der Waals surface area contributed by atoms with Gasteiger partial charge in [-0.25, -0.2) is 8.42 Å². The van der Waals surface area contributed by atoms with Crippen molar-refractivity contribution >= 4 is 10.0 Å². The summed E-state index contributed by atoms with van der Waals surface area (Å²) in [5.74, 6) is 0.347. The topological polar surface area (TPSA) is 64.2 Å². The van der Waals surface area contributed by atoms with E-state index in [1.165, 1.54) is 42.9 Å². The van der Waals surface area contributed by atoms with Gasteiger partial charge in [0, 0.05) is 19.4 Å². The lowest BCUT2D eigenvalue weighted by atomic mass is 10.1. The van der Waals surface area contributed by atoms with E-state index in [-0.39, 0.29) is 16.2 Å². The Bertz CT molecular complexity index is 775. The molecule has 2 aromatic heterocycles. The number of hydrogen-bond acceptors (Lipinski definition) is 3. The zero-order valence-corrected chi connectivity index (χ0v) is 12.9. The van der Waals surface area contributed by atoms with Crippen LogP contribution in [0.15, 0.2) is 33.8 Å². The van der Waals surface area contributed by atoms with Gasteiger partial charge < -0.3 is 8.98 Å². The number of aryl methyl sites for hydroxylation is 3. The fourth-order valence-electron chi connectivity index (χ4n) is 2.11. The molecule has 9 heteroatoms. The number of nitrogens with one attached hydrogen (secondary N) is 1. The van der Waals surface area contributed by atoms with E-state index < -0.39 is 22.2 Å². The van der Waals surface area contributed by atoms with E-state index in [0.29, 0.717) is 5.76 Å². The Morgan fingerprint density at radius 2 is 1.95 bits per heavy atom. The van der Waals surface area contributed by atoms with Gasteiger partial charge in [0.15, 0.2) is 0 Å². The zero-order valence-electron chi connectivity index (χ0n) is 12.1. The molecule has 5 nitrogen and oxygen atoms in total. The molecule has 0 aliphatic carbocycles. The molecule has 2 aromatic rings. The molecular weight excluding hydrogens is 321 g/mol. The number of hydrogen-bond donors (Lipinski definition) is 1. The van der Waals surface area contributed by atoms with E-state index >= 15 is 0 Å². The first-order valence-electron chi connectivity index (χ1n) is 6.28. The van der Waals surface area contributed by atoms with Crippen molar-refractivity contribution in [1.82, 2.24) is 9.29 Å². The second-order valence-electron chi connectivity index (χ2n) is 4.98. The molecule has 0 saturated heterocycles. The minimum atomic E-state index is -4.76. The van der Waals surface area contributed by atoms with Crippen LogP contribution in [0.1, 0.15) is 23.1 Å². The standard InChI is InChI=1S/C13H15F3N2O3S/c1-8-6-11(9(2)21-8)22(19,20)17-12(13(14,15)16)10-4-5-18(3)7-10/h4-7,12,17H,1-3H3/t12-/m0/s1. The summed E-state index contributed by atoms with van der Waals surface area (Å²) < 4.78 is 72.3. The molecule has 0 unspecified atom stereocenters. The van der Waals surface area contributed by atoms with Crippen molar-refractivity contribution in [2.75, 3.05) is 0 Å². The van der Waals surface area contributed by atoms with Gasteiger partial charge in [-0.3, -0.25) is 0 Å². The summed E-state index contributed by atoms with van der Waals surface area (Å²) in [7, 11) is -2.81. The van der Waals surface area contributed by atoms with Crippen molar-refractivity contribution in [3.8, 4) is 0 Å². The van der Waals surface area contributed by atoms with Gasteiger partial charge in [0.05, 0.1) is 0 Å². The Morgan fingerprint density at radius 3 is 2.36 bits per heavy atom. The predicted molar refractivity (Wildman–Crippen MR) is 72.7 cm³/mol. The molecule has 1 N–H and O–H groups in total. The molecular formula is C13H15F3N2O3S. The average Bonchev–Trinajstić information content (AvgIpc) is 2.91. The van der Waals surface area contributed by atoms with Crippen LogP contribution in [0.2, 0.25) is 0 Å². The average molecular weight is 336 g/mol. The van der Waals surface area contributed by atoms with Gasteiger partial charge in [-0.1, -0.05) is 0 Å². The molecule has 0 aliphatic rings. The Balaban J connectivity index is 2.41. The summed E-state index contributed by atoms with van der Waals surface area (Å²) in [6, 6.07) is 0.0813. The third-order valence-corrected chi connectivity index (χ3v) is 4.60. The summed E-state index contributed by atoms with van der Waals surface area (Å²) in [5.41, 5.74) is -0.184. The van der Waals surface area contributed by atoms with Crippen molar-refractivity contribution in [1.29, 1.82) is 0 Å². The summed E-state index contributed by atoms with van der Waals surface area (Å²) in [6.07, 6.45) is -2.13. The lowest BCUT2D eigenvalue weighted by molar-refractivity contribution is -0.153. The van der Waals surface area contributed by atoms with Gasteiger partial charge in [0.1, 0.15) is 22.5 Å². The highest BCUT2D eigenvalue weighted by Crippen LogP contribution is 2.34. The Hall–Kier alpha value is -1.74. The number of halogens is 3. The Kier molecular flexibility index (Phi) is 4.14. The summed E-state index contributed by atoms with van der Waals surface area (Å²) in [5, 5.41) is 0. The van der Waals surface area contributed by atoms with Gasteiger partial charge in [-0.15, -0.1) is 0 Å². The Labute approximate surface area is 125 Å². The minimum absolute atomic E-state index is 0.0407. The third kappa shape index (κ3) is 3.36. The fourth-order valence-corrected chi connectivity index (χ4v) is 3.56. The summed E-state index contributed by atoms with van der Waals surface area (Å²) in [4.78, 5) is -0.296. The van der Waals surface area contributed by atoms with Crippen LogP contribution in [-0.2, 0) is 17.1 Å². The van der Waals surface area contributed by atoms with Crippen molar-refractivity contribution in [3.05, 3.63) is 41.6 Å². The van der Waals surface area contributed by atoms with Crippen molar-refractivity contribution in [3.63, 3.8) is 0 Å². The molecule has 2 heterocycles. The normalized spacial score (nSPS) is 14.3. The molecule has 1 atom stereocenters. The van der Waals surface area contributed by atoms with E-state index in [4.69, 9.17) is 4.42 Å². The minimum Gasteiger partial charge on any atom is -0.465 e. The summed E-state index contributed by atoms with van der Waals surface area (Å²) in [6.45, 7) is 2.90. The van der Waals surface area contributed by atoms with Gasteiger partial charge in [-0.2, -0.15) is 17.9 Å². The maximum Gasteiger partial charge on any atom is 0.408 e. The molecule has 0 aliphatic heterocycles. The fraction of sp³-hybridized carbons (Fsp3) is 0.385. The van der Waals surface area contributed by atoms with E-state index in [2.05, 4.69) is 0 Å². The first kappa shape index (κ1) is 16.6. The molecule has 0 bridgehead atoms. The smallest absolute Gasteiger partial charge is 0.408 e. The number of rotatable bonds is 4. The van der Waals surface area contributed by atoms with Gasteiger partial charge >= 0.3 is 6.18 Å². The third-order valence-electron chi connectivity index (χ3n) is 3.07. The van der Waals surface area contributed by atoms with E-state index in [1.54, 1.807) is 11.8 Å². The molecule has 0 spiro atoms. The molecule has 22 heavy (non-hydrogen) atoms. The maximum atomic E-state index is 13.2. The lowest BCUT2D eigenvalue weighted by Crippen LogP contribution is -2.38. The van der Waals surface area contributed by atoms with Crippen LogP contribution in [0.5, 0.6) is 0 Å². The molecule has 0 saturated carbocycles. The molecule has 0 fully saturated rings. The number of nitrogens with zero attached hydrogens (tertiary/aromatic N) is 1. The first-order chi connectivity index (χ1) is 10.0. The van der Waals surface area contributed by atoms with Crippen molar-refractivity contribution in [2.24, 2.45) is 7.05 Å². The Morgan fingerprint density at radius 1 is 1.32 bits per heavy atom. The molecule has 122 valence electrons. The molecule has 2 rings (SSSR count). The second-order valence-corrected chi connectivity index (χ2v) is 6.67.